The Morgan fingerprint density at radius 2 is 0.897 bits per heavy atom. The fraction of sp³-hybridized carbons (Fsp3) is 0. The number of furan rings is 3. The first-order valence-electron chi connectivity index (χ1n) is 19.3. The number of aromatic nitrogens is 4. The lowest BCUT2D eigenvalue weighted by molar-refractivity contribution is 0.668. The highest BCUT2D eigenvalue weighted by Gasteiger charge is 2.22. The molecule has 0 amide bonds. The van der Waals surface area contributed by atoms with Gasteiger partial charge in [-0.3, -0.25) is 4.57 Å². The molecule has 0 N–H and O–H groups in total. The van der Waals surface area contributed by atoms with Crippen LogP contribution >= 0.6 is 0 Å². The predicted octanol–water partition coefficient (Wildman–Crippen LogP) is 13.7. The Kier molecular flexibility index (Phi) is 6.32. The molecule has 0 fully saturated rings. The Labute approximate surface area is 329 Å². The summed E-state index contributed by atoms with van der Waals surface area (Å²) in [7, 11) is 0. The van der Waals surface area contributed by atoms with Crippen molar-refractivity contribution in [2.45, 2.75) is 0 Å². The molecule has 7 heteroatoms. The smallest absolute Gasteiger partial charge is 0.238 e. The van der Waals surface area contributed by atoms with Gasteiger partial charge in [-0.25, -0.2) is 4.98 Å². The Bertz CT molecular complexity index is 3810. The van der Waals surface area contributed by atoms with Gasteiger partial charge in [-0.15, -0.1) is 0 Å². The van der Waals surface area contributed by atoms with Crippen LogP contribution in [0, 0.1) is 0 Å². The molecule has 0 saturated carbocycles. The minimum Gasteiger partial charge on any atom is -0.456 e. The van der Waals surface area contributed by atoms with Crippen molar-refractivity contribution in [3.63, 3.8) is 0 Å². The molecule has 0 saturated heterocycles. The van der Waals surface area contributed by atoms with Crippen molar-refractivity contribution < 1.29 is 13.3 Å². The number of hydrogen-bond donors (Lipinski definition) is 0. The van der Waals surface area contributed by atoms with Gasteiger partial charge in [0.05, 0.1) is 11.0 Å². The van der Waals surface area contributed by atoms with Crippen molar-refractivity contribution in [2.24, 2.45) is 0 Å². The molecule has 5 aromatic heterocycles. The molecular formula is C51H28N4O3. The van der Waals surface area contributed by atoms with E-state index >= 15 is 0 Å². The van der Waals surface area contributed by atoms with Gasteiger partial charge in [0.25, 0.3) is 0 Å². The maximum atomic E-state index is 6.56. The van der Waals surface area contributed by atoms with Crippen LogP contribution in [0.25, 0.3) is 127 Å². The highest BCUT2D eigenvalue weighted by atomic mass is 16.3. The molecule has 5 heterocycles. The van der Waals surface area contributed by atoms with Gasteiger partial charge in [-0.1, -0.05) is 109 Å². The van der Waals surface area contributed by atoms with Crippen molar-refractivity contribution in [3.05, 3.63) is 170 Å². The first kappa shape index (κ1) is 31.2. The van der Waals surface area contributed by atoms with Crippen LogP contribution in [-0.2, 0) is 0 Å². The lowest BCUT2D eigenvalue weighted by Crippen LogP contribution is -2.06. The molecule has 58 heavy (non-hydrogen) atoms. The lowest BCUT2D eigenvalue weighted by atomic mass is 9.97. The zero-order valence-corrected chi connectivity index (χ0v) is 30.7. The summed E-state index contributed by atoms with van der Waals surface area (Å²) in [5.41, 5.74) is 10.5. The number of benzene rings is 8. The second-order valence-corrected chi connectivity index (χ2v) is 14.8. The average Bonchev–Trinajstić information content (AvgIpc) is 4.04. The van der Waals surface area contributed by atoms with Crippen LogP contribution in [0.15, 0.2) is 183 Å². The SMILES string of the molecule is c1ccc(-c2cc(-c3nc(-c4ccc5c(c4)oc4ccccc45)nc(-n4c5ccccc5c5cc6oc7ccccc7c6cc54)n3)cc3oc4ccccc4c23)cc1. The zero-order valence-electron chi connectivity index (χ0n) is 30.7. The van der Waals surface area contributed by atoms with E-state index in [0.29, 0.717) is 17.6 Å². The molecule has 0 aliphatic rings. The normalized spacial score (nSPS) is 12.1. The van der Waals surface area contributed by atoms with E-state index in [4.69, 9.17) is 28.2 Å². The van der Waals surface area contributed by atoms with Crippen LogP contribution in [-0.4, -0.2) is 19.5 Å². The molecule has 270 valence electrons. The highest BCUT2D eigenvalue weighted by molar-refractivity contribution is 6.17. The van der Waals surface area contributed by atoms with Crippen molar-refractivity contribution in [1.29, 1.82) is 0 Å². The van der Waals surface area contributed by atoms with Gasteiger partial charge in [-0.05, 0) is 71.8 Å². The van der Waals surface area contributed by atoms with Crippen molar-refractivity contribution >= 4 is 87.6 Å². The van der Waals surface area contributed by atoms with Crippen molar-refractivity contribution in [1.82, 2.24) is 19.5 Å². The van der Waals surface area contributed by atoms with E-state index in [1.165, 1.54) is 0 Å². The summed E-state index contributed by atoms with van der Waals surface area (Å²) in [5, 5.41) is 8.41. The third-order valence-corrected chi connectivity index (χ3v) is 11.5. The summed E-state index contributed by atoms with van der Waals surface area (Å²) >= 11 is 0. The van der Waals surface area contributed by atoms with Crippen LogP contribution in [0.2, 0.25) is 0 Å². The Morgan fingerprint density at radius 1 is 0.328 bits per heavy atom. The minimum atomic E-state index is 0.494. The van der Waals surface area contributed by atoms with Crippen molar-refractivity contribution in [2.75, 3.05) is 0 Å². The third kappa shape index (κ3) is 4.52. The maximum Gasteiger partial charge on any atom is 0.238 e. The number of fused-ring (bicyclic) bond motifs is 12. The summed E-state index contributed by atoms with van der Waals surface area (Å²) in [6.07, 6.45) is 0. The van der Waals surface area contributed by atoms with Gasteiger partial charge < -0.3 is 13.3 Å². The number of para-hydroxylation sites is 4. The molecule has 0 bridgehead atoms. The van der Waals surface area contributed by atoms with E-state index in [0.717, 1.165) is 110 Å². The molecular weight excluding hydrogens is 717 g/mol. The van der Waals surface area contributed by atoms with E-state index < -0.39 is 0 Å². The van der Waals surface area contributed by atoms with E-state index in [1.807, 2.05) is 60.7 Å². The van der Waals surface area contributed by atoms with E-state index in [9.17, 15) is 0 Å². The van der Waals surface area contributed by atoms with Crippen molar-refractivity contribution in [3.8, 4) is 39.9 Å². The maximum absolute atomic E-state index is 6.56. The largest absolute Gasteiger partial charge is 0.456 e. The van der Waals surface area contributed by atoms with Gasteiger partial charge in [0.1, 0.15) is 33.5 Å². The summed E-state index contributed by atoms with van der Waals surface area (Å²) in [6.45, 7) is 0. The first-order valence-corrected chi connectivity index (χ1v) is 19.3. The highest BCUT2D eigenvalue weighted by Crippen LogP contribution is 2.42. The lowest BCUT2D eigenvalue weighted by Gasteiger charge is -2.12. The van der Waals surface area contributed by atoms with E-state index in [1.54, 1.807) is 0 Å². The summed E-state index contributed by atoms with van der Waals surface area (Å²) in [5.74, 6) is 1.54. The van der Waals surface area contributed by atoms with Crippen LogP contribution in [0.5, 0.6) is 0 Å². The molecule has 8 aromatic carbocycles. The van der Waals surface area contributed by atoms with E-state index in [2.05, 4.69) is 114 Å². The summed E-state index contributed by atoms with van der Waals surface area (Å²) < 4.78 is 21.4. The van der Waals surface area contributed by atoms with Gasteiger partial charge in [-0.2, -0.15) is 9.97 Å². The Hall–Kier alpha value is -8.03. The molecule has 7 nitrogen and oxygen atoms in total. The molecule has 0 aliphatic heterocycles. The molecule has 13 aromatic rings. The number of nitrogens with zero attached hydrogens (tertiary/aromatic N) is 4. The fourth-order valence-corrected chi connectivity index (χ4v) is 8.82. The summed E-state index contributed by atoms with van der Waals surface area (Å²) in [6, 6.07) is 58.0. The number of rotatable bonds is 4. The zero-order chi connectivity index (χ0) is 37.9. The average molecular weight is 745 g/mol. The summed E-state index contributed by atoms with van der Waals surface area (Å²) in [4.78, 5) is 15.9. The van der Waals surface area contributed by atoms with Crippen LogP contribution in [0.1, 0.15) is 0 Å². The second kappa shape index (κ2) is 11.7. The van der Waals surface area contributed by atoms with Gasteiger partial charge in [0, 0.05) is 54.2 Å². The fourth-order valence-electron chi connectivity index (χ4n) is 8.82. The molecule has 0 spiro atoms. The minimum absolute atomic E-state index is 0.494. The quantitative estimate of drug-likeness (QED) is 0.178. The van der Waals surface area contributed by atoms with Gasteiger partial charge in [0.15, 0.2) is 11.6 Å². The van der Waals surface area contributed by atoms with Gasteiger partial charge in [0.2, 0.25) is 5.95 Å². The predicted molar refractivity (Wildman–Crippen MR) is 232 cm³/mol. The van der Waals surface area contributed by atoms with E-state index in [-0.39, 0.29) is 0 Å². The molecule has 0 radical (unpaired) electrons. The molecule has 0 unspecified atom stereocenters. The van der Waals surface area contributed by atoms with Crippen LogP contribution < -0.4 is 0 Å². The molecule has 13 rings (SSSR count). The Morgan fingerprint density at radius 3 is 1.67 bits per heavy atom. The van der Waals surface area contributed by atoms with Crippen LogP contribution in [0.3, 0.4) is 0 Å². The first-order chi connectivity index (χ1) is 28.7. The topological polar surface area (TPSA) is 83.0 Å². The molecule has 0 atom stereocenters. The second-order valence-electron chi connectivity index (χ2n) is 14.8. The van der Waals surface area contributed by atoms with Crippen LogP contribution in [0.4, 0.5) is 0 Å². The van der Waals surface area contributed by atoms with Gasteiger partial charge >= 0.3 is 0 Å². The Balaban J connectivity index is 1.12. The number of hydrogen-bond acceptors (Lipinski definition) is 6. The third-order valence-electron chi connectivity index (χ3n) is 11.5. The molecule has 0 aliphatic carbocycles. The monoisotopic (exact) mass is 744 g/mol. The standard InChI is InChI=1S/C51H28N4O3/c1-2-12-29(13-3-1)37-24-31(26-47-48(37)36-17-7-11-21-44(36)58-47)50-52-49(30-22-23-35-33-15-5-9-19-42(33)56-45(35)25-30)53-51(54-50)55-40-18-8-4-14-32(40)38-28-46-39(27-41(38)55)34-16-6-10-20-43(34)57-46/h1-28H.